The fourth-order valence-corrected chi connectivity index (χ4v) is 3.30. The highest BCUT2D eigenvalue weighted by Gasteiger charge is 2.21. The summed E-state index contributed by atoms with van der Waals surface area (Å²) in [5.74, 6) is -0.948. The van der Waals surface area contributed by atoms with Crippen LogP contribution in [-0.4, -0.2) is 23.8 Å². The highest BCUT2D eigenvalue weighted by molar-refractivity contribution is 6.02. The topological polar surface area (TPSA) is 72.5 Å². The largest absolute Gasteiger partial charge is 0.451 e. The molecule has 1 amide bonds. The van der Waals surface area contributed by atoms with Gasteiger partial charge >= 0.3 is 5.97 Å². The number of carbonyl (C=O) groups excluding carboxylic acids is 3. The molecule has 1 aliphatic rings. The summed E-state index contributed by atoms with van der Waals surface area (Å²) in [4.78, 5) is 36.0. The molecular weight excluding hydrogens is 342 g/mol. The quantitative estimate of drug-likeness (QED) is 0.643. The summed E-state index contributed by atoms with van der Waals surface area (Å²) in [7, 11) is 0. The van der Waals surface area contributed by atoms with Gasteiger partial charge in [-0.3, -0.25) is 9.59 Å². The lowest BCUT2D eigenvalue weighted by Gasteiger charge is -2.17. The molecule has 0 aromatic heterocycles. The molecule has 0 spiro atoms. The number of aryl methyl sites for hydroxylation is 2. The third kappa shape index (κ3) is 4.61. The van der Waals surface area contributed by atoms with Crippen LogP contribution in [0.4, 0.5) is 5.69 Å². The van der Waals surface area contributed by atoms with Crippen molar-refractivity contribution in [2.45, 2.75) is 45.6 Å². The van der Waals surface area contributed by atoms with Crippen LogP contribution in [0.2, 0.25) is 0 Å². The summed E-state index contributed by atoms with van der Waals surface area (Å²) >= 11 is 0. The summed E-state index contributed by atoms with van der Waals surface area (Å²) in [6.07, 6.45) is 3.46. The Morgan fingerprint density at radius 2 is 1.56 bits per heavy atom. The molecule has 0 bridgehead atoms. The molecular formula is C22H23NO4. The van der Waals surface area contributed by atoms with Gasteiger partial charge in [-0.15, -0.1) is 0 Å². The lowest BCUT2D eigenvalue weighted by Crippen LogP contribution is -2.24. The molecule has 1 aliphatic carbocycles. The van der Waals surface area contributed by atoms with Crippen LogP contribution in [0.15, 0.2) is 42.5 Å². The normalized spacial score (nSPS) is 14.0. The molecule has 1 N–H and O–H groups in total. The average Bonchev–Trinajstić information content (AvgIpc) is 2.67. The Morgan fingerprint density at radius 3 is 2.22 bits per heavy atom. The summed E-state index contributed by atoms with van der Waals surface area (Å²) in [6, 6.07) is 12.1. The van der Waals surface area contributed by atoms with Gasteiger partial charge in [0.2, 0.25) is 11.7 Å². The van der Waals surface area contributed by atoms with E-state index in [1.54, 1.807) is 37.3 Å². The van der Waals surface area contributed by atoms with E-state index in [0.29, 0.717) is 16.8 Å². The average molecular weight is 365 g/mol. The number of amides is 1. The number of ketones is 1. The highest BCUT2D eigenvalue weighted by Crippen LogP contribution is 2.23. The zero-order chi connectivity index (χ0) is 19.4. The van der Waals surface area contributed by atoms with E-state index in [1.165, 1.54) is 24.5 Å². The fraction of sp³-hybridized carbons (Fsp3) is 0.318. The standard InChI is InChI=1S/C22H23NO4/c1-14(21(25)17-9-11-20(12-10-17)23-15(2)24)27-22(26)19-8-7-16-5-3-4-6-18(16)13-19/h7-14H,3-6H2,1-2H3,(H,23,24)/t14-/m1/s1. The number of hydrogen-bond donors (Lipinski definition) is 1. The van der Waals surface area contributed by atoms with Crippen LogP contribution in [0.5, 0.6) is 0 Å². The van der Waals surface area contributed by atoms with Gasteiger partial charge in [0.1, 0.15) is 0 Å². The van der Waals surface area contributed by atoms with E-state index in [1.807, 2.05) is 12.1 Å². The van der Waals surface area contributed by atoms with Gasteiger partial charge in [0.25, 0.3) is 0 Å². The summed E-state index contributed by atoms with van der Waals surface area (Å²) < 4.78 is 5.38. The molecule has 0 aliphatic heterocycles. The van der Waals surface area contributed by atoms with Crippen molar-refractivity contribution in [3.8, 4) is 0 Å². The molecule has 0 unspecified atom stereocenters. The summed E-state index contributed by atoms with van der Waals surface area (Å²) in [6.45, 7) is 2.99. The van der Waals surface area contributed by atoms with Gasteiger partial charge in [-0.25, -0.2) is 4.79 Å². The predicted octanol–water partition coefficient (Wildman–Crippen LogP) is 3.95. The van der Waals surface area contributed by atoms with Gasteiger partial charge in [-0.05, 0) is 80.1 Å². The smallest absolute Gasteiger partial charge is 0.338 e. The molecule has 140 valence electrons. The van der Waals surface area contributed by atoms with E-state index in [4.69, 9.17) is 4.74 Å². The highest BCUT2D eigenvalue weighted by atomic mass is 16.5. The first-order valence-corrected chi connectivity index (χ1v) is 9.18. The van der Waals surface area contributed by atoms with Gasteiger partial charge < -0.3 is 10.1 Å². The third-order valence-electron chi connectivity index (χ3n) is 4.73. The molecule has 0 saturated carbocycles. The number of benzene rings is 2. The van der Waals surface area contributed by atoms with E-state index in [0.717, 1.165) is 19.3 Å². The first-order chi connectivity index (χ1) is 12.9. The molecule has 1 atom stereocenters. The number of fused-ring (bicyclic) bond motifs is 1. The Morgan fingerprint density at radius 1 is 0.926 bits per heavy atom. The second-order valence-electron chi connectivity index (χ2n) is 6.86. The first-order valence-electron chi connectivity index (χ1n) is 9.18. The Balaban J connectivity index is 1.65. The van der Waals surface area contributed by atoms with Crippen molar-refractivity contribution in [3.05, 3.63) is 64.7 Å². The molecule has 0 fully saturated rings. The minimum absolute atomic E-state index is 0.179. The number of rotatable bonds is 5. The third-order valence-corrected chi connectivity index (χ3v) is 4.73. The number of hydrogen-bond acceptors (Lipinski definition) is 4. The van der Waals surface area contributed by atoms with Crippen molar-refractivity contribution >= 4 is 23.3 Å². The maximum atomic E-state index is 12.5. The minimum atomic E-state index is -0.889. The lowest BCUT2D eigenvalue weighted by atomic mass is 9.90. The monoisotopic (exact) mass is 365 g/mol. The van der Waals surface area contributed by atoms with Crippen LogP contribution in [0, 0.1) is 0 Å². The van der Waals surface area contributed by atoms with Crippen LogP contribution in [-0.2, 0) is 22.4 Å². The maximum absolute atomic E-state index is 12.5. The second kappa shape index (κ2) is 8.16. The molecule has 3 rings (SSSR count). The maximum Gasteiger partial charge on any atom is 0.338 e. The number of ether oxygens (including phenoxy) is 1. The van der Waals surface area contributed by atoms with Gasteiger partial charge in [0.15, 0.2) is 6.10 Å². The number of esters is 1. The number of anilines is 1. The van der Waals surface area contributed by atoms with Crippen LogP contribution in [0.3, 0.4) is 0 Å². The van der Waals surface area contributed by atoms with Gasteiger partial charge in [0, 0.05) is 18.2 Å². The van der Waals surface area contributed by atoms with Crippen LogP contribution >= 0.6 is 0 Å². The van der Waals surface area contributed by atoms with Gasteiger partial charge in [0.05, 0.1) is 5.56 Å². The van der Waals surface area contributed by atoms with E-state index in [2.05, 4.69) is 5.32 Å². The fourth-order valence-electron chi connectivity index (χ4n) is 3.30. The number of nitrogens with one attached hydrogen (secondary N) is 1. The zero-order valence-corrected chi connectivity index (χ0v) is 15.6. The van der Waals surface area contributed by atoms with Gasteiger partial charge in [-0.2, -0.15) is 0 Å². The Bertz CT molecular complexity index is 870. The van der Waals surface area contributed by atoms with Crippen molar-refractivity contribution < 1.29 is 19.1 Å². The molecule has 0 radical (unpaired) electrons. The molecule has 5 heteroatoms. The molecule has 0 saturated heterocycles. The van der Waals surface area contributed by atoms with Crippen LogP contribution in [0.1, 0.15) is 58.5 Å². The van der Waals surface area contributed by atoms with E-state index in [9.17, 15) is 14.4 Å². The van der Waals surface area contributed by atoms with Crippen molar-refractivity contribution in [2.75, 3.05) is 5.32 Å². The Kier molecular flexibility index (Phi) is 5.69. The lowest BCUT2D eigenvalue weighted by molar-refractivity contribution is -0.114. The predicted molar refractivity (Wildman–Crippen MR) is 103 cm³/mol. The molecule has 0 heterocycles. The van der Waals surface area contributed by atoms with E-state index >= 15 is 0 Å². The first kappa shape index (κ1) is 18.8. The summed E-state index contributed by atoms with van der Waals surface area (Å²) in [5.41, 5.74) is 4.01. The minimum Gasteiger partial charge on any atom is -0.451 e. The number of Topliss-reactive ketones (excluding diaryl/α,β-unsaturated/α-hetero) is 1. The molecule has 27 heavy (non-hydrogen) atoms. The summed E-state index contributed by atoms with van der Waals surface area (Å²) in [5, 5.41) is 2.64. The van der Waals surface area contributed by atoms with Crippen molar-refractivity contribution in [2.24, 2.45) is 0 Å². The van der Waals surface area contributed by atoms with Crippen molar-refractivity contribution in [1.82, 2.24) is 0 Å². The van der Waals surface area contributed by atoms with E-state index in [-0.39, 0.29) is 11.7 Å². The van der Waals surface area contributed by atoms with Gasteiger partial charge in [-0.1, -0.05) is 6.07 Å². The Hall–Kier alpha value is -2.95. The van der Waals surface area contributed by atoms with E-state index < -0.39 is 12.1 Å². The van der Waals surface area contributed by atoms with Crippen molar-refractivity contribution in [1.29, 1.82) is 0 Å². The molecule has 2 aromatic rings. The van der Waals surface area contributed by atoms with Crippen LogP contribution in [0.25, 0.3) is 0 Å². The second-order valence-corrected chi connectivity index (χ2v) is 6.86. The zero-order valence-electron chi connectivity index (χ0n) is 15.6. The number of carbonyl (C=O) groups is 3. The van der Waals surface area contributed by atoms with Crippen molar-refractivity contribution in [3.63, 3.8) is 0 Å². The Labute approximate surface area is 158 Å². The molecule has 2 aromatic carbocycles. The molecule has 5 nitrogen and oxygen atoms in total. The SMILES string of the molecule is CC(=O)Nc1ccc(C(=O)[C@@H](C)OC(=O)c2ccc3c(c2)CCCC3)cc1. The van der Waals surface area contributed by atoms with Crippen LogP contribution < -0.4 is 5.32 Å².